The molecule has 1 rings (SSSR count). The number of aromatic hydroxyl groups is 1. The number of phenols is 1. The molecule has 0 bridgehead atoms. The maximum atomic E-state index is 10.3. The van der Waals surface area contributed by atoms with Crippen molar-refractivity contribution in [2.75, 3.05) is 26.4 Å². The second-order valence-electron chi connectivity index (χ2n) is 6.17. The van der Waals surface area contributed by atoms with Gasteiger partial charge in [0.05, 0.1) is 50.8 Å². The van der Waals surface area contributed by atoms with E-state index in [1.807, 2.05) is 0 Å². The molecule has 4 unspecified atom stereocenters. The minimum atomic E-state index is -1.11. The summed E-state index contributed by atoms with van der Waals surface area (Å²) >= 11 is 0. The van der Waals surface area contributed by atoms with E-state index >= 15 is 0 Å². The molecule has 0 heterocycles. The molecule has 9 nitrogen and oxygen atoms in total. The molecule has 9 heteroatoms. The summed E-state index contributed by atoms with van der Waals surface area (Å²) < 4.78 is 9.91. The number of para-hydroxylation sites is 1. The van der Waals surface area contributed by atoms with Gasteiger partial charge in [0.1, 0.15) is 11.3 Å². The molecular weight excluding hydrogens is 372 g/mol. The van der Waals surface area contributed by atoms with Gasteiger partial charge in [-0.15, -0.1) is 0 Å². The monoisotopic (exact) mass is 406 g/mol. The maximum Gasteiger partial charge on any atom is 0.339 e. The average molecular weight is 406 g/mol. The smallest absolute Gasteiger partial charge is 0.339 e. The highest BCUT2D eigenvalue weighted by atomic mass is 16.5. The number of aliphatic hydroxyl groups excluding tert-OH is 4. The topological polar surface area (TPSA) is 157 Å². The summed E-state index contributed by atoms with van der Waals surface area (Å²) in [5.74, 6) is -1.31. The van der Waals surface area contributed by atoms with Gasteiger partial charge in [0, 0.05) is 0 Å². The van der Waals surface area contributed by atoms with Crippen molar-refractivity contribution in [3.8, 4) is 5.75 Å². The minimum Gasteiger partial charge on any atom is -0.507 e. The van der Waals surface area contributed by atoms with Gasteiger partial charge in [-0.2, -0.15) is 0 Å². The summed E-state index contributed by atoms with van der Waals surface area (Å²) in [6.45, 7) is 7.39. The standard InChI is InChI=1S/C7H6O3.2C6H14O3/c8-6-4-2-1-3-5(6)7(9)10;2*1-5(8)4-9-6(2)3-7/h1-4,8H,(H,9,10);2*5-8H,3-4H2,1-2H3. The SMILES string of the molecule is CC(O)COC(C)CO.CC(O)COC(C)CO.O=C(O)c1ccccc1O. The van der Waals surface area contributed by atoms with E-state index in [4.69, 9.17) is 40.1 Å². The fourth-order valence-electron chi connectivity index (χ4n) is 1.37. The van der Waals surface area contributed by atoms with Crippen LogP contribution >= 0.6 is 0 Å². The molecule has 0 fully saturated rings. The van der Waals surface area contributed by atoms with Gasteiger partial charge < -0.3 is 40.1 Å². The van der Waals surface area contributed by atoms with E-state index in [9.17, 15) is 4.79 Å². The molecule has 0 saturated heterocycles. The van der Waals surface area contributed by atoms with Gasteiger partial charge in [-0.05, 0) is 39.8 Å². The number of carboxylic acid groups (broad SMARTS) is 1. The Morgan fingerprint density at radius 3 is 1.54 bits per heavy atom. The van der Waals surface area contributed by atoms with Crippen molar-refractivity contribution in [1.29, 1.82) is 0 Å². The molecule has 0 radical (unpaired) electrons. The molecule has 0 spiro atoms. The lowest BCUT2D eigenvalue weighted by atomic mass is 10.2. The first-order valence-corrected chi connectivity index (χ1v) is 8.87. The number of carboxylic acids is 1. The fraction of sp³-hybridized carbons (Fsp3) is 0.632. The Morgan fingerprint density at radius 1 is 0.893 bits per heavy atom. The van der Waals surface area contributed by atoms with Crippen LogP contribution in [0.15, 0.2) is 24.3 Å². The summed E-state index contributed by atoms with van der Waals surface area (Å²) in [7, 11) is 0. The summed E-state index contributed by atoms with van der Waals surface area (Å²) in [5.41, 5.74) is -0.0671. The Hall–Kier alpha value is -1.75. The zero-order valence-corrected chi connectivity index (χ0v) is 16.9. The fourth-order valence-corrected chi connectivity index (χ4v) is 1.37. The van der Waals surface area contributed by atoms with E-state index < -0.39 is 18.2 Å². The lowest BCUT2D eigenvalue weighted by Gasteiger charge is -2.10. The Balaban J connectivity index is 0. The number of carbonyl (C=O) groups is 1. The van der Waals surface area contributed by atoms with Crippen LogP contribution in [-0.2, 0) is 9.47 Å². The molecule has 6 N–H and O–H groups in total. The number of benzene rings is 1. The van der Waals surface area contributed by atoms with Crippen LogP contribution in [0.5, 0.6) is 5.75 Å². The molecule has 0 aliphatic heterocycles. The lowest BCUT2D eigenvalue weighted by molar-refractivity contribution is -0.0177. The second kappa shape index (κ2) is 17.4. The predicted octanol–water partition coefficient (Wildman–Crippen LogP) is 0.620. The van der Waals surface area contributed by atoms with E-state index in [2.05, 4.69) is 0 Å². The van der Waals surface area contributed by atoms with Gasteiger partial charge in [0.15, 0.2) is 0 Å². The molecule has 0 aromatic heterocycles. The summed E-state index contributed by atoms with van der Waals surface area (Å²) in [6, 6.07) is 5.81. The molecule has 1 aromatic carbocycles. The molecular formula is C19H34O9. The van der Waals surface area contributed by atoms with Crippen LogP contribution < -0.4 is 0 Å². The molecule has 0 amide bonds. The van der Waals surface area contributed by atoms with Crippen molar-refractivity contribution in [2.45, 2.75) is 52.1 Å². The predicted molar refractivity (Wildman–Crippen MR) is 103 cm³/mol. The highest BCUT2D eigenvalue weighted by molar-refractivity contribution is 5.90. The van der Waals surface area contributed by atoms with Crippen LogP contribution in [0.25, 0.3) is 0 Å². The van der Waals surface area contributed by atoms with E-state index in [0.29, 0.717) is 13.2 Å². The normalized spacial score (nSPS) is 14.4. The van der Waals surface area contributed by atoms with Gasteiger partial charge in [0.2, 0.25) is 0 Å². The van der Waals surface area contributed by atoms with Crippen LogP contribution in [0.4, 0.5) is 0 Å². The molecule has 0 aliphatic carbocycles. The highest BCUT2D eigenvalue weighted by Gasteiger charge is 2.05. The maximum absolute atomic E-state index is 10.3. The van der Waals surface area contributed by atoms with Crippen LogP contribution in [0.3, 0.4) is 0 Å². The lowest BCUT2D eigenvalue weighted by Crippen LogP contribution is -2.19. The van der Waals surface area contributed by atoms with E-state index in [-0.39, 0.29) is 36.7 Å². The molecule has 164 valence electrons. The van der Waals surface area contributed by atoms with Crippen LogP contribution in [-0.4, -0.2) is 87.5 Å². The van der Waals surface area contributed by atoms with E-state index in [1.165, 1.54) is 12.1 Å². The quantitative estimate of drug-likeness (QED) is 0.346. The van der Waals surface area contributed by atoms with Crippen LogP contribution in [0, 0.1) is 0 Å². The Labute approximate surface area is 165 Å². The largest absolute Gasteiger partial charge is 0.507 e. The first-order chi connectivity index (χ1) is 13.0. The first kappa shape index (κ1) is 28.5. The van der Waals surface area contributed by atoms with Gasteiger partial charge in [-0.3, -0.25) is 0 Å². The Bertz CT molecular complexity index is 488. The first-order valence-electron chi connectivity index (χ1n) is 8.87. The van der Waals surface area contributed by atoms with Crippen molar-refractivity contribution in [1.82, 2.24) is 0 Å². The van der Waals surface area contributed by atoms with Gasteiger partial charge in [-0.25, -0.2) is 4.79 Å². The highest BCUT2D eigenvalue weighted by Crippen LogP contribution is 2.14. The number of aliphatic hydroxyl groups is 4. The van der Waals surface area contributed by atoms with Crippen molar-refractivity contribution in [2.24, 2.45) is 0 Å². The van der Waals surface area contributed by atoms with Crippen molar-refractivity contribution in [3.63, 3.8) is 0 Å². The number of ether oxygens (including phenoxy) is 2. The van der Waals surface area contributed by atoms with E-state index in [1.54, 1.807) is 39.8 Å². The van der Waals surface area contributed by atoms with E-state index in [0.717, 1.165) is 0 Å². The molecule has 0 saturated carbocycles. The molecule has 28 heavy (non-hydrogen) atoms. The molecule has 1 aromatic rings. The molecule has 0 aliphatic rings. The Kier molecular flexibility index (Phi) is 17.6. The zero-order valence-electron chi connectivity index (χ0n) is 16.9. The van der Waals surface area contributed by atoms with Crippen LogP contribution in [0.2, 0.25) is 0 Å². The van der Waals surface area contributed by atoms with Gasteiger partial charge in [-0.1, -0.05) is 12.1 Å². The average Bonchev–Trinajstić information content (AvgIpc) is 2.65. The third kappa shape index (κ3) is 17.7. The molecule has 4 atom stereocenters. The van der Waals surface area contributed by atoms with Crippen molar-refractivity contribution < 1.29 is 44.9 Å². The van der Waals surface area contributed by atoms with Crippen molar-refractivity contribution >= 4 is 5.97 Å². The number of aromatic carboxylic acids is 1. The number of rotatable bonds is 9. The summed E-state index contributed by atoms with van der Waals surface area (Å²) in [6.07, 6.45) is -1.22. The van der Waals surface area contributed by atoms with Crippen LogP contribution in [0.1, 0.15) is 38.1 Å². The van der Waals surface area contributed by atoms with Gasteiger partial charge in [0.25, 0.3) is 0 Å². The summed E-state index contributed by atoms with van der Waals surface area (Å²) in [5, 5.41) is 51.6. The zero-order chi connectivity index (χ0) is 22.1. The number of hydrogen-bond acceptors (Lipinski definition) is 8. The summed E-state index contributed by atoms with van der Waals surface area (Å²) in [4.78, 5) is 10.3. The second-order valence-corrected chi connectivity index (χ2v) is 6.17. The number of hydrogen-bond donors (Lipinski definition) is 6. The van der Waals surface area contributed by atoms with Crippen molar-refractivity contribution in [3.05, 3.63) is 29.8 Å². The van der Waals surface area contributed by atoms with Gasteiger partial charge >= 0.3 is 5.97 Å². The third-order valence-corrected chi connectivity index (χ3v) is 2.89. The Morgan fingerprint density at radius 2 is 1.29 bits per heavy atom. The third-order valence-electron chi connectivity index (χ3n) is 2.89. The minimum absolute atomic E-state index is 0.00667.